The zero-order valence-corrected chi connectivity index (χ0v) is 10.3. The predicted octanol–water partition coefficient (Wildman–Crippen LogP) is 2.30. The number of nitrogens with zero attached hydrogens (tertiary/aromatic N) is 2. The van der Waals surface area contributed by atoms with E-state index in [1.54, 1.807) is 6.20 Å². The first-order valence-electron chi connectivity index (χ1n) is 6.03. The van der Waals surface area contributed by atoms with Gasteiger partial charge in [0.25, 0.3) is 0 Å². The smallest absolute Gasteiger partial charge is 0.151 e. The van der Waals surface area contributed by atoms with Gasteiger partial charge in [-0.25, -0.2) is 4.98 Å². The van der Waals surface area contributed by atoms with Gasteiger partial charge in [0.15, 0.2) is 6.29 Å². The Morgan fingerprint density at radius 1 is 1.21 bits per heavy atom. The average Bonchev–Trinajstić information content (AvgIpc) is 2.90. The number of rotatable bonds is 3. The first-order chi connectivity index (χ1) is 9.31. The van der Waals surface area contributed by atoms with Gasteiger partial charge in [0, 0.05) is 35.6 Å². The van der Waals surface area contributed by atoms with Gasteiger partial charge in [-0.1, -0.05) is 12.1 Å². The normalized spacial score (nSPS) is 10.8. The molecule has 0 radical (unpaired) electrons. The van der Waals surface area contributed by atoms with Crippen LogP contribution in [0.5, 0.6) is 0 Å². The summed E-state index contributed by atoms with van der Waals surface area (Å²) in [5.41, 5.74) is 9.13. The minimum Gasteiger partial charge on any atom is -0.326 e. The molecule has 0 spiro atoms. The van der Waals surface area contributed by atoms with Crippen molar-refractivity contribution in [1.29, 1.82) is 0 Å². The zero-order chi connectivity index (χ0) is 13.2. The molecule has 19 heavy (non-hydrogen) atoms. The van der Waals surface area contributed by atoms with Crippen LogP contribution in [0.4, 0.5) is 0 Å². The second-order valence-electron chi connectivity index (χ2n) is 4.36. The van der Waals surface area contributed by atoms with Gasteiger partial charge in [-0.05, 0) is 29.8 Å². The SMILES string of the molecule is NCc1ccc(-n2ccc3cc(C=O)cnc32)cc1. The van der Waals surface area contributed by atoms with E-state index in [9.17, 15) is 4.79 Å². The highest BCUT2D eigenvalue weighted by molar-refractivity contribution is 5.85. The van der Waals surface area contributed by atoms with Crippen molar-refractivity contribution in [2.24, 2.45) is 5.73 Å². The van der Waals surface area contributed by atoms with Gasteiger partial charge in [-0.15, -0.1) is 0 Å². The number of hydrogen-bond donors (Lipinski definition) is 1. The summed E-state index contributed by atoms with van der Waals surface area (Å²) in [4.78, 5) is 15.1. The summed E-state index contributed by atoms with van der Waals surface area (Å²) in [6, 6.07) is 11.8. The number of nitrogens with two attached hydrogens (primary N) is 1. The molecule has 2 heterocycles. The molecular formula is C15H13N3O. The molecule has 0 unspecified atom stereocenters. The van der Waals surface area contributed by atoms with Crippen molar-refractivity contribution in [2.45, 2.75) is 6.54 Å². The van der Waals surface area contributed by atoms with E-state index in [1.165, 1.54) is 0 Å². The monoisotopic (exact) mass is 251 g/mol. The van der Waals surface area contributed by atoms with Gasteiger partial charge in [0.05, 0.1) is 0 Å². The molecule has 4 heteroatoms. The minimum absolute atomic E-state index is 0.535. The fourth-order valence-corrected chi connectivity index (χ4v) is 2.11. The summed E-state index contributed by atoms with van der Waals surface area (Å²) in [5.74, 6) is 0. The van der Waals surface area contributed by atoms with Crippen molar-refractivity contribution in [1.82, 2.24) is 9.55 Å². The fourth-order valence-electron chi connectivity index (χ4n) is 2.11. The predicted molar refractivity (Wildman–Crippen MR) is 74.3 cm³/mol. The van der Waals surface area contributed by atoms with Gasteiger partial charge < -0.3 is 10.3 Å². The molecule has 3 rings (SSSR count). The third-order valence-corrected chi connectivity index (χ3v) is 3.13. The van der Waals surface area contributed by atoms with Crippen LogP contribution in [0.2, 0.25) is 0 Å². The van der Waals surface area contributed by atoms with Crippen LogP contribution in [0.1, 0.15) is 15.9 Å². The summed E-state index contributed by atoms with van der Waals surface area (Å²) in [6.45, 7) is 0.535. The Morgan fingerprint density at radius 3 is 2.68 bits per heavy atom. The van der Waals surface area contributed by atoms with Gasteiger partial charge >= 0.3 is 0 Å². The largest absolute Gasteiger partial charge is 0.326 e. The average molecular weight is 251 g/mol. The highest BCUT2D eigenvalue weighted by atomic mass is 16.1. The van der Waals surface area contributed by atoms with E-state index in [-0.39, 0.29) is 0 Å². The molecule has 4 nitrogen and oxygen atoms in total. The van der Waals surface area contributed by atoms with Crippen molar-refractivity contribution < 1.29 is 4.79 Å². The molecular weight excluding hydrogens is 238 g/mol. The molecule has 0 aliphatic rings. The molecule has 94 valence electrons. The van der Waals surface area contributed by atoms with Gasteiger partial charge in [0.2, 0.25) is 0 Å². The Bertz CT molecular complexity index is 729. The fraction of sp³-hybridized carbons (Fsp3) is 0.0667. The van der Waals surface area contributed by atoms with Crippen molar-refractivity contribution >= 4 is 17.3 Å². The standard InChI is InChI=1S/C15H13N3O/c16-8-11-1-3-14(4-2-11)18-6-5-13-7-12(10-19)9-17-15(13)18/h1-7,9-10H,8,16H2. The van der Waals surface area contributed by atoms with E-state index in [0.29, 0.717) is 12.1 Å². The Kier molecular flexibility index (Phi) is 2.85. The number of aromatic nitrogens is 2. The Labute approximate surface area is 110 Å². The van der Waals surface area contributed by atoms with Crippen molar-refractivity contribution in [3.05, 3.63) is 59.9 Å². The maximum atomic E-state index is 10.7. The van der Waals surface area contributed by atoms with Gasteiger partial charge in [0.1, 0.15) is 5.65 Å². The summed E-state index contributed by atoms with van der Waals surface area (Å²) >= 11 is 0. The van der Waals surface area contributed by atoms with Crippen LogP contribution >= 0.6 is 0 Å². The number of fused-ring (bicyclic) bond motifs is 1. The lowest BCUT2D eigenvalue weighted by molar-refractivity contribution is 0.112. The lowest BCUT2D eigenvalue weighted by atomic mass is 10.2. The number of pyridine rings is 1. The topological polar surface area (TPSA) is 60.9 Å². The number of benzene rings is 1. The van der Waals surface area contributed by atoms with E-state index in [1.807, 2.05) is 47.2 Å². The third kappa shape index (κ3) is 2.02. The van der Waals surface area contributed by atoms with Crippen LogP contribution in [-0.2, 0) is 6.54 Å². The lowest BCUT2D eigenvalue weighted by Crippen LogP contribution is -1.98. The minimum atomic E-state index is 0.535. The van der Waals surface area contributed by atoms with Crippen LogP contribution in [0.25, 0.3) is 16.7 Å². The number of carbonyl (C=O) groups is 1. The molecule has 0 bridgehead atoms. The van der Waals surface area contributed by atoms with E-state index >= 15 is 0 Å². The second kappa shape index (κ2) is 4.66. The van der Waals surface area contributed by atoms with Crippen LogP contribution in [0, 0.1) is 0 Å². The molecule has 0 saturated heterocycles. The Balaban J connectivity index is 2.11. The summed E-state index contributed by atoms with van der Waals surface area (Å²) in [5, 5.41) is 0.951. The molecule has 3 aromatic rings. The first-order valence-corrected chi connectivity index (χ1v) is 6.03. The zero-order valence-electron chi connectivity index (χ0n) is 10.3. The highest BCUT2D eigenvalue weighted by Gasteiger charge is 2.05. The van der Waals surface area contributed by atoms with Crippen LogP contribution in [-0.4, -0.2) is 15.8 Å². The Hall–Kier alpha value is -2.46. The molecule has 2 N–H and O–H groups in total. The lowest BCUT2D eigenvalue weighted by Gasteiger charge is -2.05. The van der Waals surface area contributed by atoms with Gasteiger partial charge in [-0.2, -0.15) is 0 Å². The van der Waals surface area contributed by atoms with E-state index < -0.39 is 0 Å². The summed E-state index contributed by atoms with van der Waals surface area (Å²) in [7, 11) is 0. The molecule has 0 saturated carbocycles. The molecule has 0 aliphatic heterocycles. The van der Waals surface area contributed by atoms with Gasteiger partial charge in [-0.3, -0.25) is 4.79 Å². The number of hydrogen-bond acceptors (Lipinski definition) is 3. The number of aldehydes is 1. The van der Waals surface area contributed by atoms with Crippen molar-refractivity contribution in [2.75, 3.05) is 0 Å². The Morgan fingerprint density at radius 2 is 2.00 bits per heavy atom. The van der Waals surface area contributed by atoms with Crippen LogP contribution < -0.4 is 5.73 Å². The summed E-state index contributed by atoms with van der Waals surface area (Å²) in [6.07, 6.45) is 4.34. The molecule has 2 aromatic heterocycles. The van der Waals surface area contributed by atoms with E-state index in [2.05, 4.69) is 4.98 Å². The van der Waals surface area contributed by atoms with Crippen molar-refractivity contribution in [3.8, 4) is 5.69 Å². The highest BCUT2D eigenvalue weighted by Crippen LogP contribution is 2.19. The van der Waals surface area contributed by atoms with Crippen LogP contribution in [0.3, 0.4) is 0 Å². The number of carbonyl (C=O) groups excluding carboxylic acids is 1. The quantitative estimate of drug-likeness (QED) is 0.726. The molecule has 1 aromatic carbocycles. The molecule has 0 amide bonds. The maximum absolute atomic E-state index is 10.7. The first kappa shape index (κ1) is 11.6. The second-order valence-corrected chi connectivity index (χ2v) is 4.36. The molecule has 0 aliphatic carbocycles. The van der Waals surface area contributed by atoms with E-state index in [0.717, 1.165) is 28.6 Å². The van der Waals surface area contributed by atoms with E-state index in [4.69, 9.17) is 5.73 Å². The summed E-state index contributed by atoms with van der Waals surface area (Å²) < 4.78 is 1.99. The molecule has 0 atom stereocenters. The maximum Gasteiger partial charge on any atom is 0.151 e. The van der Waals surface area contributed by atoms with Crippen LogP contribution in [0.15, 0.2) is 48.8 Å². The van der Waals surface area contributed by atoms with Crippen molar-refractivity contribution in [3.63, 3.8) is 0 Å². The third-order valence-electron chi connectivity index (χ3n) is 3.13. The molecule has 0 fully saturated rings.